The van der Waals surface area contributed by atoms with Crippen molar-refractivity contribution < 1.29 is 17.5 Å². The van der Waals surface area contributed by atoms with Gasteiger partial charge in [-0.2, -0.15) is 0 Å². The van der Waals surface area contributed by atoms with Crippen LogP contribution < -0.4 is 15.0 Å². The van der Waals surface area contributed by atoms with E-state index in [1.165, 1.54) is 24.8 Å². The molecule has 34 heavy (non-hydrogen) atoms. The smallest absolute Gasteiger partial charge is 0.181 e. The maximum absolute atomic E-state index is 13.6. The second-order valence-electron chi connectivity index (χ2n) is 8.43. The van der Waals surface area contributed by atoms with Crippen LogP contribution in [0.4, 0.5) is 10.1 Å². The average molecular weight is 484 g/mol. The zero-order valence-corrected chi connectivity index (χ0v) is 20.3. The molecule has 1 saturated heterocycles. The van der Waals surface area contributed by atoms with E-state index in [0.717, 1.165) is 38.2 Å². The van der Waals surface area contributed by atoms with Gasteiger partial charge in [-0.1, -0.05) is 19.1 Å². The van der Waals surface area contributed by atoms with Crippen molar-refractivity contribution in [3.63, 3.8) is 0 Å². The van der Waals surface area contributed by atoms with E-state index in [9.17, 15) is 12.8 Å². The molecule has 0 saturated carbocycles. The number of aromatic nitrogens is 1. The van der Waals surface area contributed by atoms with E-state index < -0.39 is 9.84 Å². The van der Waals surface area contributed by atoms with Gasteiger partial charge in [-0.05, 0) is 60.4 Å². The average Bonchev–Trinajstić information content (AvgIpc) is 2.88. The molecule has 0 spiro atoms. The summed E-state index contributed by atoms with van der Waals surface area (Å²) in [7, 11) is -2.08. The topological polar surface area (TPSA) is 71.5 Å². The van der Waals surface area contributed by atoms with Crippen molar-refractivity contribution in [1.29, 1.82) is 0 Å². The van der Waals surface area contributed by atoms with Crippen LogP contribution in [0.5, 0.6) is 5.75 Å². The third-order valence-electron chi connectivity index (χ3n) is 6.27. The van der Waals surface area contributed by atoms with Crippen molar-refractivity contribution in [2.45, 2.75) is 30.7 Å². The Balaban J connectivity index is 1.68. The van der Waals surface area contributed by atoms with Crippen molar-refractivity contribution in [3.8, 4) is 16.9 Å². The first-order valence-corrected chi connectivity index (χ1v) is 13.1. The highest BCUT2D eigenvalue weighted by Gasteiger charge is 2.26. The molecule has 0 aliphatic carbocycles. The van der Waals surface area contributed by atoms with Gasteiger partial charge in [0.15, 0.2) is 9.84 Å². The zero-order chi connectivity index (χ0) is 24.1. The molecular weight excluding hydrogens is 453 g/mol. The molecule has 1 atom stereocenters. The highest BCUT2D eigenvalue weighted by Crippen LogP contribution is 2.40. The summed E-state index contributed by atoms with van der Waals surface area (Å²) in [6.07, 6.45) is 5.51. The van der Waals surface area contributed by atoms with Gasteiger partial charge in [0.2, 0.25) is 0 Å². The number of methoxy groups -OCH3 is 1. The van der Waals surface area contributed by atoms with Gasteiger partial charge in [-0.3, -0.25) is 4.98 Å². The van der Waals surface area contributed by atoms with Crippen LogP contribution in [-0.2, 0) is 16.3 Å². The normalized spacial score (nSPS) is 16.4. The largest absolute Gasteiger partial charge is 0.495 e. The highest BCUT2D eigenvalue weighted by molar-refractivity contribution is 7.91. The van der Waals surface area contributed by atoms with Gasteiger partial charge in [-0.25, -0.2) is 12.8 Å². The number of halogens is 1. The highest BCUT2D eigenvalue weighted by atomic mass is 32.2. The summed E-state index contributed by atoms with van der Waals surface area (Å²) in [5.41, 5.74) is 3.41. The third kappa shape index (κ3) is 5.39. The number of pyridine rings is 1. The summed E-state index contributed by atoms with van der Waals surface area (Å²) in [6, 6.07) is 14.0. The third-order valence-corrected chi connectivity index (χ3v) is 8.00. The van der Waals surface area contributed by atoms with Crippen molar-refractivity contribution in [2.24, 2.45) is 0 Å². The summed E-state index contributed by atoms with van der Waals surface area (Å²) in [5, 5.41) is 3.58. The lowest BCUT2D eigenvalue weighted by atomic mass is 10.0. The second kappa shape index (κ2) is 10.5. The lowest BCUT2D eigenvalue weighted by Crippen LogP contribution is -2.51. The van der Waals surface area contributed by atoms with Crippen molar-refractivity contribution in [1.82, 2.24) is 10.3 Å². The molecule has 2 aromatic carbocycles. The molecule has 180 valence electrons. The predicted molar refractivity (Wildman–Crippen MR) is 133 cm³/mol. The lowest BCUT2D eigenvalue weighted by Gasteiger charge is -2.36. The first-order valence-electron chi connectivity index (χ1n) is 11.5. The molecule has 0 radical (unpaired) electrons. The minimum atomic E-state index is -3.55. The molecule has 4 rings (SSSR count). The minimum Gasteiger partial charge on any atom is -0.495 e. The fraction of sp³-hybridized carbons (Fsp3) is 0.346. The number of anilines is 1. The fourth-order valence-corrected chi connectivity index (χ4v) is 5.44. The molecule has 0 amide bonds. The number of sulfone groups is 1. The molecule has 1 N–H and O–H groups in total. The van der Waals surface area contributed by atoms with Crippen molar-refractivity contribution in [3.05, 3.63) is 72.3 Å². The summed E-state index contributed by atoms with van der Waals surface area (Å²) in [6.45, 7) is 3.94. The molecule has 1 unspecified atom stereocenters. The lowest BCUT2D eigenvalue weighted by molar-refractivity contribution is 0.404. The van der Waals surface area contributed by atoms with Gasteiger partial charge in [0.05, 0.1) is 12.9 Å². The Hall–Kier alpha value is -2.97. The molecule has 2 heterocycles. The first-order chi connectivity index (χ1) is 16.4. The molecule has 1 fully saturated rings. The van der Waals surface area contributed by atoms with E-state index in [0.29, 0.717) is 16.9 Å². The summed E-state index contributed by atoms with van der Waals surface area (Å²) >= 11 is 0. The Morgan fingerprint density at radius 1 is 1.15 bits per heavy atom. The van der Waals surface area contributed by atoms with E-state index in [1.54, 1.807) is 37.5 Å². The predicted octanol–water partition coefficient (Wildman–Crippen LogP) is 4.10. The van der Waals surface area contributed by atoms with Gasteiger partial charge < -0.3 is 15.0 Å². The van der Waals surface area contributed by atoms with Crippen molar-refractivity contribution in [2.75, 3.05) is 37.4 Å². The number of ether oxygens (including phenoxy) is 1. The quantitative estimate of drug-likeness (QED) is 0.520. The van der Waals surface area contributed by atoms with Gasteiger partial charge >= 0.3 is 0 Å². The number of benzene rings is 2. The molecule has 1 aliphatic heterocycles. The molecule has 6 nitrogen and oxygen atoms in total. The number of nitrogens with one attached hydrogen (secondary N) is 1. The van der Waals surface area contributed by atoms with Crippen LogP contribution in [0.15, 0.2) is 65.8 Å². The summed E-state index contributed by atoms with van der Waals surface area (Å²) < 4.78 is 45.2. The van der Waals surface area contributed by atoms with Crippen LogP contribution in [0, 0.1) is 5.82 Å². The molecule has 8 heteroatoms. The fourth-order valence-electron chi connectivity index (χ4n) is 4.35. The number of hydrogen-bond donors (Lipinski definition) is 1. The van der Waals surface area contributed by atoms with Gasteiger partial charge in [-0.15, -0.1) is 0 Å². The maximum atomic E-state index is 13.6. The molecule has 1 aromatic heterocycles. The number of piperazine rings is 1. The van der Waals surface area contributed by atoms with Gasteiger partial charge in [0.1, 0.15) is 16.5 Å². The number of nitrogens with zero attached hydrogens (tertiary/aromatic N) is 2. The van der Waals surface area contributed by atoms with Crippen LogP contribution in [0.3, 0.4) is 0 Å². The van der Waals surface area contributed by atoms with Crippen LogP contribution in [0.2, 0.25) is 0 Å². The zero-order valence-electron chi connectivity index (χ0n) is 19.5. The van der Waals surface area contributed by atoms with E-state index in [2.05, 4.69) is 15.2 Å². The maximum Gasteiger partial charge on any atom is 0.181 e. The number of hydrogen-bond acceptors (Lipinski definition) is 6. The number of rotatable bonds is 8. The van der Waals surface area contributed by atoms with E-state index in [-0.39, 0.29) is 22.5 Å². The van der Waals surface area contributed by atoms with Gasteiger partial charge in [0, 0.05) is 49.3 Å². The van der Waals surface area contributed by atoms with Gasteiger partial charge in [0.25, 0.3) is 0 Å². The molecular formula is C26H30FN3O3S. The minimum absolute atomic E-state index is 0.0359. The number of aryl methyl sites for hydroxylation is 1. The van der Waals surface area contributed by atoms with E-state index in [1.807, 2.05) is 18.2 Å². The standard InChI is InChI=1S/C26H30FN3O3S/c1-3-34(31,32)25-17-23(16-24(26(25)33-2)20-5-7-21(27)8-6-20)30-15-14-29-22(18-30)9-4-19-10-12-28-13-11-19/h5-8,10-13,16-17,22,29H,3-4,9,14-15,18H2,1-2H3. The Morgan fingerprint density at radius 2 is 1.88 bits per heavy atom. The Bertz CT molecular complexity index is 1220. The van der Waals surface area contributed by atoms with Crippen LogP contribution >= 0.6 is 0 Å². The molecule has 0 bridgehead atoms. The van der Waals surface area contributed by atoms with E-state index >= 15 is 0 Å². The first kappa shape index (κ1) is 24.2. The summed E-state index contributed by atoms with van der Waals surface area (Å²) in [4.78, 5) is 6.46. The van der Waals surface area contributed by atoms with Crippen LogP contribution in [0.25, 0.3) is 11.1 Å². The Kier molecular flexibility index (Phi) is 7.48. The van der Waals surface area contributed by atoms with Crippen LogP contribution in [0.1, 0.15) is 18.9 Å². The Morgan fingerprint density at radius 3 is 2.56 bits per heavy atom. The molecule has 1 aliphatic rings. The van der Waals surface area contributed by atoms with E-state index in [4.69, 9.17) is 4.74 Å². The Labute approximate surface area is 200 Å². The second-order valence-corrected chi connectivity index (χ2v) is 10.7. The van der Waals surface area contributed by atoms with Crippen LogP contribution in [-0.4, -0.2) is 51.9 Å². The SMILES string of the molecule is CCS(=O)(=O)c1cc(N2CCNC(CCc3ccncc3)C2)cc(-c2ccc(F)cc2)c1OC. The molecule has 3 aromatic rings. The summed E-state index contributed by atoms with van der Waals surface area (Å²) in [5.74, 6) is -0.0906. The monoisotopic (exact) mass is 483 g/mol. The van der Waals surface area contributed by atoms with Crippen molar-refractivity contribution >= 4 is 15.5 Å².